The predicted molar refractivity (Wildman–Crippen MR) is 318 cm³/mol. The number of amides is 1. The van der Waals surface area contributed by atoms with Crippen LogP contribution in [0, 0.1) is 55.4 Å². The summed E-state index contributed by atoms with van der Waals surface area (Å²) in [7, 11) is 0. The van der Waals surface area contributed by atoms with Crippen molar-refractivity contribution in [3.8, 4) is 33.6 Å². The number of hydrogen-bond donors (Lipinski definition) is 7. The average molecular weight is 1030 g/mol. The maximum atomic E-state index is 13.1. The first-order valence-corrected chi connectivity index (χ1v) is 24.9. The standard InChI is InChI=1S/C15H14F3N.C15H17N.C14H13N3.C14H14N2O.C7H9N/c1-9-3-5-12(10(2)7-9)13-6-4-11(19)8-14(13)15(16,17)18;1-10-4-6-14(11(2)8-10)15-7-5-13(16)9-12(15)3;1-9-2-4-10(5-3-9)14-16-12-7-6-11(15)8-13(12)17-14;1-10-2-8-13(9-3-10)16-14(17)11-4-6-12(15)7-5-11;1-6-2-4-7(8)5-3-6/h3-8H,19H2,1-2H3;4-9H,16H2,1-3H3;2-8H,15H2,1H3,(H,16,17);2-9H,15H2,1H3,(H,16,17);2-5H,8H2,1H3. The number of aromatic nitrogens is 2. The van der Waals surface area contributed by atoms with Gasteiger partial charge in [0.05, 0.1) is 16.6 Å². The number of aryl methyl sites for hydroxylation is 8. The van der Waals surface area contributed by atoms with Crippen LogP contribution < -0.4 is 34.0 Å². The minimum Gasteiger partial charge on any atom is -0.399 e. The number of benzene rings is 9. The lowest BCUT2D eigenvalue weighted by atomic mass is 9.94. The molecule has 10 rings (SSSR count). The maximum absolute atomic E-state index is 13.1. The van der Waals surface area contributed by atoms with Gasteiger partial charge >= 0.3 is 6.18 Å². The number of H-pyrrole nitrogens is 1. The van der Waals surface area contributed by atoms with E-state index in [1.165, 1.54) is 51.1 Å². The number of hydrogen-bond acceptors (Lipinski definition) is 7. The van der Waals surface area contributed by atoms with Gasteiger partial charge in [-0.05, 0) is 185 Å². The van der Waals surface area contributed by atoms with Crippen molar-refractivity contribution in [1.29, 1.82) is 0 Å². The van der Waals surface area contributed by atoms with Gasteiger partial charge in [-0.25, -0.2) is 4.98 Å². The minimum absolute atomic E-state index is 0.112. The van der Waals surface area contributed by atoms with E-state index < -0.39 is 11.7 Å². The molecule has 0 unspecified atom stereocenters. The van der Waals surface area contributed by atoms with Gasteiger partial charge in [0.15, 0.2) is 0 Å². The Morgan fingerprint density at radius 3 is 1.31 bits per heavy atom. The second-order valence-electron chi connectivity index (χ2n) is 19.1. The molecule has 9 nitrogen and oxygen atoms in total. The maximum Gasteiger partial charge on any atom is 0.417 e. The number of fused-ring (bicyclic) bond motifs is 1. The molecule has 0 spiro atoms. The Hall–Kier alpha value is -9.29. The monoisotopic (exact) mass is 1030 g/mol. The van der Waals surface area contributed by atoms with Gasteiger partial charge in [0.1, 0.15) is 5.82 Å². The summed E-state index contributed by atoms with van der Waals surface area (Å²) in [6.07, 6.45) is -4.41. The van der Waals surface area contributed by atoms with Crippen molar-refractivity contribution in [2.45, 2.75) is 61.6 Å². The van der Waals surface area contributed by atoms with E-state index >= 15 is 0 Å². The van der Waals surface area contributed by atoms with Crippen LogP contribution in [0.1, 0.15) is 60.4 Å². The van der Waals surface area contributed by atoms with E-state index in [-0.39, 0.29) is 17.2 Å². The third kappa shape index (κ3) is 16.6. The summed E-state index contributed by atoms with van der Waals surface area (Å²) in [5.41, 5.74) is 47.5. The van der Waals surface area contributed by atoms with Crippen LogP contribution in [0.5, 0.6) is 0 Å². The highest BCUT2D eigenvalue weighted by Gasteiger charge is 2.34. The third-order valence-electron chi connectivity index (χ3n) is 12.3. The van der Waals surface area contributed by atoms with Gasteiger partial charge in [-0.3, -0.25) is 4.79 Å². The molecule has 394 valence electrons. The average Bonchev–Trinajstić information content (AvgIpc) is 3.80. The van der Waals surface area contributed by atoms with Crippen molar-refractivity contribution in [2.75, 3.05) is 34.0 Å². The van der Waals surface area contributed by atoms with Crippen molar-refractivity contribution in [3.05, 3.63) is 244 Å². The smallest absolute Gasteiger partial charge is 0.399 e. The first kappa shape index (κ1) is 57.0. The molecule has 77 heavy (non-hydrogen) atoms. The van der Waals surface area contributed by atoms with Crippen LogP contribution in [0.4, 0.5) is 47.3 Å². The van der Waals surface area contributed by atoms with Crippen molar-refractivity contribution in [3.63, 3.8) is 0 Å². The number of rotatable bonds is 5. The Kier molecular flexibility index (Phi) is 19.1. The number of nitrogens with zero attached hydrogens (tertiary/aromatic N) is 1. The summed E-state index contributed by atoms with van der Waals surface area (Å²) in [4.78, 5) is 19.7. The third-order valence-corrected chi connectivity index (χ3v) is 12.3. The molecule has 9 aromatic carbocycles. The second-order valence-corrected chi connectivity index (χ2v) is 19.1. The molecule has 0 saturated carbocycles. The van der Waals surface area contributed by atoms with Gasteiger partial charge in [-0.1, -0.05) is 125 Å². The van der Waals surface area contributed by atoms with Gasteiger partial charge in [0, 0.05) is 45.3 Å². The molecule has 0 fully saturated rings. The fraction of sp³-hybridized carbons (Fsp3) is 0.138. The van der Waals surface area contributed by atoms with E-state index in [1.54, 1.807) is 43.3 Å². The highest BCUT2D eigenvalue weighted by atomic mass is 19.4. The Balaban J connectivity index is 0.000000159. The topological polar surface area (TPSA) is 188 Å². The van der Waals surface area contributed by atoms with Crippen LogP contribution in [-0.2, 0) is 6.18 Å². The molecule has 0 bridgehead atoms. The first-order valence-electron chi connectivity index (χ1n) is 24.9. The zero-order valence-electron chi connectivity index (χ0n) is 44.8. The highest BCUT2D eigenvalue weighted by Crippen LogP contribution is 2.39. The van der Waals surface area contributed by atoms with Crippen LogP contribution >= 0.6 is 0 Å². The number of aromatic amines is 1. The van der Waals surface area contributed by atoms with Gasteiger partial charge in [0.2, 0.25) is 0 Å². The lowest BCUT2D eigenvalue weighted by Gasteiger charge is -2.15. The van der Waals surface area contributed by atoms with E-state index in [1.807, 2.05) is 106 Å². The number of nitrogens with two attached hydrogens (primary N) is 5. The Bertz CT molecular complexity index is 3500. The summed E-state index contributed by atoms with van der Waals surface area (Å²) in [5, 5.41) is 2.83. The molecule has 1 aromatic heterocycles. The lowest BCUT2D eigenvalue weighted by molar-refractivity contribution is -0.137. The molecular formula is C65H67F3N8O. The number of nitrogens with one attached hydrogen (secondary N) is 2. The van der Waals surface area contributed by atoms with E-state index in [2.05, 4.69) is 91.5 Å². The van der Waals surface area contributed by atoms with Crippen LogP contribution in [0.25, 0.3) is 44.7 Å². The molecule has 0 aliphatic heterocycles. The van der Waals surface area contributed by atoms with Crippen LogP contribution in [0.15, 0.2) is 188 Å². The summed E-state index contributed by atoms with van der Waals surface area (Å²) in [6.45, 7) is 16.2. The van der Waals surface area contributed by atoms with Crippen molar-refractivity contribution < 1.29 is 18.0 Å². The molecule has 12 N–H and O–H groups in total. The van der Waals surface area contributed by atoms with Crippen LogP contribution in [-0.4, -0.2) is 15.9 Å². The Morgan fingerprint density at radius 2 is 0.818 bits per heavy atom. The number of halogens is 3. The summed E-state index contributed by atoms with van der Waals surface area (Å²) in [6, 6.07) is 58.2. The van der Waals surface area contributed by atoms with Gasteiger partial charge in [-0.15, -0.1) is 0 Å². The fourth-order valence-electron chi connectivity index (χ4n) is 8.17. The molecule has 1 heterocycles. The van der Waals surface area contributed by atoms with Gasteiger partial charge in [-0.2, -0.15) is 13.2 Å². The summed E-state index contributed by atoms with van der Waals surface area (Å²) >= 11 is 0. The number of imidazole rings is 1. The molecule has 12 heteroatoms. The molecule has 0 aliphatic carbocycles. The zero-order valence-corrected chi connectivity index (χ0v) is 44.8. The van der Waals surface area contributed by atoms with E-state index in [0.717, 1.165) is 67.9 Å². The second kappa shape index (κ2) is 25.8. The molecule has 0 aliphatic rings. The molecule has 0 radical (unpaired) electrons. The Morgan fingerprint density at radius 1 is 0.429 bits per heavy atom. The number of nitrogen functional groups attached to an aromatic ring is 5. The van der Waals surface area contributed by atoms with E-state index in [4.69, 9.17) is 28.7 Å². The van der Waals surface area contributed by atoms with Crippen molar-refractivity contribution in [1.82, 2.24) is 9.97 Å². The van der Waals surface area contributed by atoms with Crippen LogP contribution in [0.3, 0.4) is 0 Å². The van der Waals surface area contributed by atoms with E-state index in [9.17, 15) is 18.0 Å². The number of alkyl halides is 3. The lowest BCUT2D eigenvalue weighted by Crippen LogP contribution is -2.11. The quantitative estimate of drug-likeness (QED) is 0.0835. The van der Waals surface area contributed by atoms with Crippen LogP contribution in [0.2, 0.25) is 0 Å². The summed E-state index contributed by atoms with van der Waals surface area (Å²) < 4.78 is 39.2. The predicted octanol–water partition coefficient (Wildman–Crippen LogP) is 16.0. The number of carbonyl (C=O) groups is 1. The molecule has 1 amide bonds. The fourth-order valence-corrected chi connectivity index (χ4v) is 8.17. The number of anilines is 6. The summed E-state index contributed by atoms with van der Waals surface area (Å²) in [5.74, 6) is 0.749. The molecule has 0 saturated heterocycles. The van der Waals surface area contributed by atoms with Crippen molar-refractivity contribution >= 4 is 51.1 Å². The van der Waals surface area contributed by atoms with Gasteiger partial charge in [0.25, 0.3) is 5.91 Å². The first-order chi connectivity index (χ1) is 36.5. The largest absolute Gasteiger partial charge is 0.417 e. The zero-order chi connectivity index (χ0) is 56.0. The number of carbonyl (C=O) groups excluding carboxylic acids is 1. The van der Waals surface area contributed by atoms with E-state index in [0.29, 0.717) is 16.8 Å². The van der Waals surface area contributed by atoms with Crippen molar-refractivity contribution in [2.24, 2.45) is 0 Å². The molecule has 10 aromatic rings. The normalized spacial score (nSPS) is 10.6. The highest BCUT2D eigenvalue weighted by molar-refractivity contribution is 6.04. The Labute approximate surface area is 450 Å². The molecule has 0 atom stereocenters. The van der Waals surface area contributed by atoms with Gasteiger partial charge < -0.3 is 39.0 Å². The molecular weight excluding hydrogens is 966 g/mol. The SMILES string of the molecule is Cc1ccc(-c2ccc(N)cc2C(F)(F)F)c(C)c1.Cc1ccc(-c2ccc(N)cc2C)c(C)c1.Cc1ccc(-c2nc3ccc(N)cc3[nH]2)cc1.Cc1ccc(N)cc1.Cc1ccc(NC(=O)c2ccc(N)cc2)cc1. The minimum atomic E-state index is -4.41.